The molecule has 118 valence electrons. The Kier molecular flexibility index (Phi) is 10.7. The zero-order valence-corrected chi connectivity index (χ0v) is 13.3. The van der Waals surface area contributed by atoms with Crippen LogP contribution in [0.5, 0.6) is 0 Å². The molecule has 1 saturated heterocycles. The van der Waals surface area contributed by atoms with Gasteiger partial charge in [-0.05, 0) is 25.8 Å². The maximum Gasteiger partial charge on any atom is 0.323 e. The Morgan fingerprint density at radius 1 is 1.00 bits per heavy atom. The van der Waals surface area contributed by atoms with Crippen LogP contribution in [0.3, 0.4) is 0 Å². The maximum absolute atomic E-state index is 11.6. The Hall–Kier alpha value is -0.570. The lowest BCUT2D eigenvalue weighted by atomic mass is 10.1. The average Bonchev–Trinajstić information content (AvgIpc) is 2.99. The molecular weight excluding hydrogens is 250 g/mol. The summed E-state index contributed by atoms with van der Waals surface area (Å²) >= 11 is 0. The van der Waals surface area contributed by atoms with E-state index < -0.39 is 0 Å². The van der Waals surface area contributed by atoms with Crippen molar-refractivity contribution in [2.45, 2.75) is 90.0 Å². The van der Waals surface area contributed by atoms with Gasteiger partial charge in [-0.2, -0.15) is 0 Å². The van der Waals surface area contributed by atoms with E-state index in [4.69, 9.17) is 4.74 Å². The first kappa shape index (κ1) is 17.5. The van der Waals surface area contributed by atoms with Crippen LogP contribution in [0, 0.1) is 0 Å². The van der Waals surface area contributed by atoms with Crippen LogP contribution in [0.1, 0.15) is 84.0 Å². The molecule has 1 atom stereocenters. The lowest BCUT2D eigenvalue weighted by Gasteiger charge is -2.10. The molecule has 0 amide bonds. The number of hydrogen-bond donors (Lipinski definition) is 1. The second-order valence-corrected chi connectivity index (χ2v) is 6.00. The maximum atomic E-state index is 11.6. The SMILES string of the molecule is CCCCCCCCCCCCOC(=O)[C@@H]1CCCN1. The van der Waals surface area contributed by atoms with Crippen molar-refractivity contribution in [3.05, 3.63) is 0 Å². The van der Waals surface area contributed by atoms with Crippen molar-refractivity contribution in [2.75, 3.05) is 13.2 Å². The number of ether oxygens (including phenoxy) is 1. The Bertz CT molecular complexity index is 237. The molecule has 1 rings (SSSR count). The van der Waals surface area contributed by atoms with E-state index in [1.165, 1.54) is 57.8 Å². The van der Waals surface area contributed by atoms with Crippen LogP contribution in [-0.4, -0.2) is 25.2 Å². The fourth-order valence-electron chi connectivity index (χ4n) is 2.75. The van der Waals surface area contributed by atoms with E-state index in [2.05, 4.69) is 12.2 Å². The average molecular weight is 283 g/mol. The Labute approximate surface area is 124 Å². The van der Waals surface area contributed by atoms with E-state index in [0.29, 0.717) is 6.61 Å². The predicted molar refractivity (Wildman–Crippen MR) is 83.8 cm³/mol. The van der Waals surface area contributed by atoms with Crippen molar-refractivity contribution in [3.63, 3.8) is 0 Å². The molecular formula is C17H33NO2. The molecule has 0 aromatic rings. The molecule has 1 aliphatic heterocycles. The van der Waals surface area contributed by atoms with Crippen molar-refractivity contribution < 1.29 is 9.53 Å². The Morgan fingerprint density at radius 3 is 2.15 bits per heavy atom. The van der Waals surface area contributed by atoms with E-state index in [-0.39, 0.29) is 12.0 Å². The molecule has 0 aliphatic carbocycles. The molecule has 0 aromatic carbocycles. The van der Waals surface area contributed by atoms with E-state index in [1.807, 2.05) is 0 Å². The van der Waals surface area contributed by atoms with Gasteiger partial charge < -0.3 is 10.1 Å². The smallest absolute Gasteiger partial charge is 0.323 e. The van der Waals surface area contributed by atoms with Crippen molar-refractivity contribution in [1.82, 2.24) is 5.32 Å². The van der Waals surface area contributed by atoms with Gasteiger partial charge in [0.25, 0.3) is 0 Å². The van der Waals surface area contributed by atoms with Gasteiger partial charge in [-0.25, -0.2) is 0 Å². The third-order valence-electron chi connectivity index (χ3n) is 4.09. The highest BCUT2D eigenvalue weighted by molar-refractivity contribution is 5.76. The quantitative estimate of drug-likeness (QED) is 0.431. The molecule has 1 heterocycles. The molecule has 1 aliphatic rings. The summed E-state index contributed by atoms with van der Waals surface area (Å²) in [6, 6.07) is -0.0295. The Balaban J connectivity index is 1.77. The Morgan fingerprint density at radius 2 is 1.60 bits per heavy atom. The molecule has 0 saturated carbocycles. The molecule has 3 heteroatoms. The number of carbonyl (C=O) groups is 1. The molecule has 0 aromatic heterocycles. The molecule has 3 nitrogen and oxygen atoms in total. The summed E-state index contributed by atoms with van der Waals surface area (Å²) in [5.41, 5.74) is 0. The molecule has 1 N–H and O–H groups in total. The van der Waals surface area contributed by atoms with Gasteiger partial charge in [-0.15, -0.1) is 0 Å². The zero-order valence-electron chi connectivity index (χ0n) is 13.3. The summed E-state index contributed by atoms with van der Waals surface area (Å²) in [5.74, 6) is -0.0431. The van der Waals surface area contributed by atoms with Crippen LogP contribution in [-0.2, 0) is 9.53 Å². The normalized spacial score (nSPS) is 18.4. The molecule has 1 fully saturated rings. The van der Waals surface area contributed by atoms with Crippen molar-refractivity contribution in [1.29, 1.82) is 0 Å². The van der Waals surface area contributed by atoms with Crippen LogP contribution < -0.4 is 5.32 Å². The summed E-state index contributed by atoms with van der Waals surface area (Å²) < 4.78 is 5.30. The van der Waals surface area contributed by atoms with Gasteiger partial charge in [0.1, 0.15) is 6.04 Å². The highest BCUT2D eigenvalue weighted by atomic mass is 16.5. The number of nitrogens with one attached hydrogen (secondary N) is 1. The van der Waals surface area contributed by atoms with Crippen molar-refractivity contribution in [2.24, 2.45) is 0 Å². The van der Waals surface area contributed by atoms with Crippen LogP contribution in [0.15, 0.2) is 0 Å². The minimum Gasteiger partial charge on any atom is -0.465 e. The third kappa shape index (κ3) is 8.57. The number of esters is 1. The van der Waals surface area contributed by atoms with E-state index >= 15 is 0 Å². The summed E-state index contributed by atoms with van der Waals surface area (Å²) in [6.45, 7) is 3.82. The fourth-order valence-corrected chi connectivity index (χ4v) is 2.75. The van der Waals surface area contributed by atoms with Gasteiger partial charge in [0, 0.05) is 0 Å². The minimum absolute atomic E-state index is 0.0295. The summed E-state index contributed by atoms with van der Waals surface area (Å²) in [6.07, 6.45) is 15.2. The topological polar surface area (TPSA) is 38.3 Å². The van der Waals surface area contributed by atoms with Crippen LogP contribution in [0.4, 0.5) is 0 Å². The van der Waals surface area contributed by atoms with Crippen LogP contribution in [0.25, 0.3) is 0 Å². The summed E-state index contributed by atoms with van der Waals surface area (Å²) in [5, 5.41) is 3.17. The van der Waals surface area contributed by atoms with Gasteiger partial charge in [0.05, 0.1) is 6.61 Å². The van der Waals surface area contributed by atoms with E-state index in [0.717, 1.165) is 25.8 Å². The fraction of sp³-hybridized carbons (Fsp3) is 0.941. The van der Waals surface area contributed by atoms with E-state index in [1.54, 1.807) is 0 Å². The summed E-state index contributed by atoms with van der Waals surface area (Å²) in [4.78, 5) is 11.6. The molecule has 0 radical (unpaired) electrons. The zero-order chi connectivity index (χ0) is 14.5. The van der Waals surface area contributed by atoms with E-state index in [9.17, 15) is 4.79 Å². The van der Waals surface area contributed by atoms with Crippen molar-refractivity contribution in [3.8, 4) is 0 Å². The molecule has 0 spiro atoms. The predicted octanol–water partition coefficient (Wildman–Crippen LogP) is 4.20. The highest BCUT2D eigenvalue weighted by Crippen LogP contribution is 2.11. The first-order valence-corrected chi connectivity index (χ1v) is 8.74. The lowest BCUT2D eigenvalue weighted by Crippen LogP contribution is -2.32. The third-order valence-corrected chi connectivity index (χ3v) is 4.09. The van der Waals surface area contributed by atoms with Crippen LogP contribution in [0.2, 0.25) is 0 Å². The first-order valence-electron chi connectivity index (χ1n) is 8.74. The minimum atomic E-state index is -0.0431. The number of unbranched alkanes of at least 4 members (excludes halogenated alkanes) is 9. The second kappa shape index (κ2) is 12.2. The largest absolute Gasteiger partial charge is 0.465 e. The monoisotopic (exact) mass is 283 g/mol. The number of rotatable bonds is 12. The van der Waals surface area contributed by atoms with Crippen LogP contribution >= 0.6 is 0 Å². The van der Waals surface area contributed by atoms with Gasteiger partial charge in [-0.3, -0.25) is 4.79 Å². The second-order valence-electron chi connectivity index (χ2n) is 6.00. The molecule has 0 unspecified atom stereocenters. The van der Waals surface area contributed by atoms with Gasteiger partial charge in [-0.1, -0.05) is 64.7 Å². The first-order chi connectivity index (χ1) is 9.84. The number of hydrogen-bond acceptors (Lipinski definition) is 3. The van der Waals surface area contributed by atoms with Gasteiger partial charge in [0.2, 0.25) is 0 Å². The summed E-state index contributed by atoms with van der Waals surface area (Å²) in [7, 11) is 0. The van der Waals surface area contributed by atoms with Gasteiger partial charge in [0.15, 0.2) is 0 Å². The standard InChI is InChI=1S/C17H33NO2/c1-2-3-4-5-6-7-8-9-10-11-15-20-17(19)16-13-12-14-18-16/h16,18H,2-15H2,1H3/t16-/m0/s1. The highest BCUT2D eigenvalue weighted by Gasteiger charge is 2.22. The number of carbonyl (C=O) groups excluding carboxylic acids is 1. The molecule has 20 heavy (non-hydrogen) atoms. The lowest BCUT2D eigenvalue weighted by molar-refractivity contribution is -0.145. The van der Waals surface area contributed by atoms with Crippen molar-refractivity contribution >= 4 is 5.97 Å². The molecule has 0 bridgehead atoms. The van der Waals surface area contributed by atoms with Gasteiger partial charge >= 0.3 is 5.97 Å².